The molecule has 0 saturated carbocycles. The molecule has 3 rings (SSSR count). The van der Waals surface area contributed by atoms with Gasteiger partial charge in [-0.15, -0.1) is 0 Å². The molecule has 128 valence electrons. The Morgan fingerprint density at radius 3 is 2.13 bits per heavy atom. The summed E-state index contributed by atoms with van der Waals surface area (Å²) in [5.74, 6) is 1.55. The number of anilines is 1. The molecule has 0 aromatic carbocycles. The second-order valence-corrected chi connectivity index (χ2v) is 7.08. The second kappa shape index (κ2) is 7.58. The van der Waals surface area contributed by atoms with E-state index in [2.05, 4.69) is 48.4 Å². The number of hydrogen-bond acceptors (Lipinski definition) is 5. The number of nitrogens with one attached hydrogen (secondary N) is 1. The first kappa shape index (κ1) is 16.7. The van der Waals surface area contributed by atoms with Gasteiger partial charge in [0.1, 0.15) is 0 Å². The summed E-state index contributed by atoms with van der Waals surface area (Å²) in [7, 11) is 2.20. The zero-order valence-corrected chi connectivity index (χ0v) is 14.8. The van der Waals surface area contributed by atoms with E-state index >= 15 is 0 Å². The summed E-state index contributed by atoms with van der Waals surface area (Å²) in [5.41, 5.74) is 1.32. The van der Waals surface area contributed by atoms with E-state index < -0.39 is 0 Å². The molecule has 2 aliphatic rings. The van der Waals surface area contributed by atoms with Gasteiger partial charge in [0.2, 0.25) is 5.95 Å². The fraction of sp³-hybridized carbons (Fsp3) is 0.778. The van der Waals surface area contributed by atoms with Crippen LogP contribution in [0.5, 0.6) is 0 Å². The molecule has 5 heteroatoms. The van der Waals surface area contributed by atoms with E-state index in [0.717, 1.165) is 31.9 Å². The lowest BCUT2D eigenvalue weighted by Crippen LogP contribution is -2.57. The minimum Gasteiger partial charge on any atom is -0.332 e. The van der Waals surface area contributed by atoms with Crippen LogP contribution in [0.3, 0.4) is 0 Å². The molecular weight excluding hydrogens is 286 g/mol. The van der Waals surface area contributed by atoms with Crippen LogP contribution < -0.4 is 10.2 Å². The van der Waals surface area contributed by atoms with Gasteiger partial charge in [-0.2, -0.15) is 0 Å². The van der Waals surface area contributed by atoms with E-state index in [4.69, 9.17) is 9.97 Å². The van der Waals surface area contributed by atoms with Crippen LogP contribution in [0.1, 0.15) is 51.0 Å². The van der Waals surface area contributed by atoms with Crippen LogP contribution in [-0.2, 0) is 0 Å². The van der Waals surface area contributed by atoms with E-state index in [1.807, 2.05) is 0 Å². The SMILES string of the molecule is CCC1CNCC(CC)N1c1ncc(C2CCN(C)CC2)cn1. The van der Waals surface area contributed by atoms with E-state index in [0.29, 0.717) is 18.0 Å². The summed E-state index contributed by atoms with van der Waals surface area (Å²) in [6.07, 6.45) is 8.87. The molecule has 23 heavy (non-hydrogen) atoms. The van der Waals surface area contributed by atoms with Crippen LogP contribution in [0, 0.1) is 0 Å². The Morgan fingerprint density at radius 1 is 1.04 bits per heavy atom. The topological polar surface area (TPSA) is 44.3 Å². The van der Waals surface area contributed by atoms with Gasteiger partial charge in [0, 0.05) is 37.6 Å². The maximum absolute atomic E-state index is 4.77. The molecule has 1 N–H and O–H groups in total. The average molecular weight is 317 g/mol. The van der Waals surface area contributed by atoms with E-state index in [-0.39, 0.29) is 0 Å². The van der Waals surface area contributed by atoms with Gasteiger partial charge in [-0.05, 0) is 57.3 Å². The number of hydrogen-bond donors (Lipinski definition) is 1. The van der Waals surface area contributed by atoms with Gasteiger partial charge in [0.25, 0.3) is 0 Å². The van der Waals surface area contributed by atoms with Crippen molar-refractivity contribution in [2.45, 2.75) is 57.5 Å². The summed E-state index contributed by atoms with van der Waals surface area (Å²) >= 11 is 0. The van der Waals surface area contributed by atoms with Crippen LogP contribution >= 0.6 is 0 Å². The number of piperazine rings is 1. The fourth-order valence-corrected chi connectivity index (χ4v) is 3.94. The summed E-state index contributed by atoms with van der Waals surface area (Å²) < 4.78 is 0. The lowest BCUT2D eigenvalue weighted by molar-refractivity contribution is 0.255. The third kappa shape index (κ3) is 3.66. The van der Waals surface area contributed by atoms with Crippen LogP contribution in [0.25, 0.3) is 0 Å². The van der Waals surface area contributed by atoms with Crippen molar-refractivity contribution in [3.63, 3.8) is 0 Å². The minimum absolute atomic E-state index is 0.503. The lowest BCUT2D eigenvalue weighted by atomic mass is 9.91. The first-order valence-corrected chi connectivity index (χ1v) is 9.22. The second-order valence-electron chi connectivity index (χ2n) is 7.08. The molecule has 0 spiro atoms. The summed E-state index contributed by atoms with van der Waals surface area (Å²) in [6, 6.07) is 1.01. The summed E-state index contributed by atoms with van der Waals surface area (Å²) in [6.45, 7) is 8.94. The van der Waals surface area contributed by atoms with Crippen molar-refractivity contribution in [2.24, 2.45) is 0 Å². The fourth-order valence-electron chi connectivity index (χ4n) is 3.94. The zero-order valence-electron chi connectivity index (χ0n) is 14.8. The molecule has 1 aromatic heterocycles. The Kier molecular flexibility index (Phi) is 5.49. The molecular formula is C18H31N5. The Morgan fingerprint density at radius 2 is 1.61 bits per heavy atom. The molecule has 3 heterocycles. The number of aromatic nitrogens is 2. The minimum atomic E-state index is 0.503. The van der Waals surface area contributed by atoms with Gasteiger partial charge >= 0.3 is 0 Å². The Bertz CT molecular complexity index is 469. The van der Waals surface area contributed by atoms with Gasteiger partial charge in [-0.25, -0.2) is 9.97 Å². The van der Waals surface area contributed by atoms with Crippen molar-refractivity contribution >= 4 is 5.95 Å². The van der Waals surface area contributed by atoms with Gasteiger partial charge in [-0.3, -0.25) is 0 Å². The van der Waals surface area contributed by atoms with E-state index in [9.17, 15) is 0 Å². The number of rotatable bonds is 4. The maximum Gasteiger partial charge on any atom is 0.225 e. The number of nitrogens with zero attached hydrogens (tertiary/aromatic N) is 4. The molecule has 2 atom stereocenters. The van der Waals surface area contributed by atoms with Crippen LogP contribution in [0.2, 0.25) is 0 Å². The normalized spacial score (nSPS) is 27.3. The third-order valence-corrected chi connectivity index (χ3v) is 5.57. The highest BCUT2D eigenvalue weighted by atomic mass is 15.3. The Hall–Kier alpha value is -1.20. The van der Waals surface area contributed by atoms with Crippen LogP contribution in [0.15, 0.2) is 12.4 Å². The van der Waals surface area contributed by atoms with Crippen LogP contribution in [-0.4, -0.2) is 60.2 Å². The molecule has 2 fully saturated rings. The standard InChI is InChI=1S/C18H31N5/c1-4-16-12-19-13-17(5-2)23(16)18-20-10-15(11-21-18)14-6-8-22(3)9-7-14/h10-11,14,16-17,19H,4-9,12-13H2,1-3H3. The number of piperidine rings is 1. The molecule has 2 unspecified atom stereocenters. The van der Waals surface area contributed by atoms with Gasteiger partial charge in [0.05, 0.1) is 0 Å². The third-order valence-electron chi connectivity index (χ3n) is 5.57. The summed E-state index contributed by atoms with van der Waals surface area (Å²) in [5, 5.41) is 3.55. The molecule has 0 radical (unpaired) electrons. The van der Waals surface area contributed by atoms with Crippen molar-refractivity contribution < 1.29 is 0 Å². The van der Waals surface area contributed by atoms with E-state index in [1.54, 1.807) is 0 Å². The van der Waals surface area contributed by atoms with Gasteiger partial charge in [0.15, 0.2) is 0 Å². The quantitative estimate of drug-likeness (QED) is 0.923. The van der Waals surface area contributed by atoms with Crippen molar-refractivity contribution in [1.82, 2.24) is 20.2 Å². The zero-order chi connectivity index (χ0) is 16.2. The van der Waals surface area contributed by atoms with Gasteiger partial charge < -0.3 is 15.1 Å². The van der Waals surface area contributed by atoms with E-state index in [1.165, 1.54) is 31.5 Å². The predicted octanol–water partition coefficient (Wildman–Crippen LogP) is 2.25. The Labute approximate surface area is 140 Å². The molecule has 2 saturated heterocycles. The monoisotopic (exact) mass is 317 g/mol. The molecule has 0 bridgehead atoms. The molecule has 1 aromatic rings. The van der Waals surface area contributed by atoms with Crippen molar-refractivity contribution in [2.75, 3.05) is 38.1 Å². The molecule has 2 aliphatic heterocycles. The lowest BCUT2D eigenvalue weighted by Gasteiger charge is -2.42. The smallest absolute Gasteiger partial charge is 0.225 e. The summed E-state index contributed by atoms with van der Waals surface area (Å²) in [4.78, 5) is 14.4. The average Bonchev–Trinajstić information content (AvgIpc) is 2.62. The largest absolute Gasteiger partial charge is 0.332 e. The first-order chi connectivity index (χ1) is 11.2. The van der Waals surface area contributed by atoms with Crippen molar-refractivity contribution in [3.05, 3.63) is 18.0 Å². The maximum atomic E-state index is 4.77. The Balaban J connectivity index is 1.74. The first-order valence-electron chi connectivity index (χ1n) is 9.22. The molecule has 0 aliphatic carbocycles. The highest BCUT2D eigenvalue weighted by molar-refractivity contribution is 5.36. The highest BCUT2D eigenvalue weighted by Gasteiger charge is 2.30. The molecule has 5 nitrogen and oxygen atoms in total. The highest BCUT2D eigenvalue weighted by Crippen LogP contribution is 2.28. The van der Waals surface area contributed by atoms with Crippen molar-refractivity contribution in [3.8, 4) is 0 Å². The predicted molar refractivity (Wildman–Crippen MR) is 95.0 cm³/mol. The number of likely N-dealkylation sites (tertiary alicyclic amines) is 1. The van der Waals surface area contributed by atoms with Crippen LogP contribution in [0.4, 0.5) is 5.95 Å². The van der Waals surface area contributed by atoms with Crippen molar-refractivity contribution in [1.29, 1.82) is 0 Å². The van der Waals surface area contributed by atoms with Gasteiger partial charge in [-0.1, -0.05) is 13.8 Å². The molecule has 0 amide bonds.